The number of aromatic nitrogens is 2. The van der Waals surface area contributed by atoms with Gasteiger partial charge in [-0.15, -0.1) is 11.3 Å². The highest BCUT2D eigenvalue weighted by Gasteiger charge is 2.30. The van der Waals surface area contributed by atoms with E-state index in [1.165, 1.54) is 22.1 Å². The predicted molar refractivity (Wildman–Crippen MR) is 119 cm³/mol. The molecule has 10 heteroatoms. The lowest BCUT2D eigenvalue weighted by atomic mass is 10.1. The molecule has 0 saturated heterocycles. The molecule has 2 heterocycles. The van der Waals surface area contributed by atoms with Crippen molar-refractivity contribution in [3.8, 4) is 5.69 Å². The lowest BCUT2D eigenvalue weighted by molar-refractivity contribution is -0.137. The Hall–Kier alpha value is -3.66. The third-order valence-electron chi connectivity index (χ3n) is 4.92. The second kappa shape index (κ2) is 8.70. The number of alkyl halides is 3. The van der Waals surface area contributed by atoms with Crippen molar-refractivity contribution in [3.05, 3.63) is 82.0 Å². The van der Waals surface area contributed by atoms with Gasteiger partial charge >= 0.3 is 6.18 Å². The number of nitrogens with zero attached hydrogens (tertiary/aromatic N) is 2. The average Bonchev–Trinajstić information content (AvgIpc) is 3.34. The standard InChI is InChI=1S/C23H19F3N4O2S/c1-13-8-19(22(32)28-12-20(27)31)30(29-13)18-7-3-5-15-11-17(33-21(15)18)10-14-4-2-6-16(9-14)23(24,25)26/h2-9,11H,10,12H2,1H3,(H2,27,31)(H,28,32). The molecule has 0 fully saturated rings. The van der Waals surface area contributed by atoms with Crippen molar-refractivity contribution in [2.24, 2.45) is 5.73 Å². The molecular formula is C23H19F3N4O2S. The van der Waals surface area contributed by atoms with Crippen molar-refractivity contribution < 1.29 is 22.8 Å². The van der Waals surface area contributed by atoms with Crippen LogP contribution in [0.4, 0.5) is 13.2 Å². The fourth-order valence-corrected chi connectivity index (χ4v) is 4.71. The molecule has 2 amide bonds. The van der Waals surface area contributed by atoms with E-state index >= 15 is 0 Å². The number of carbonyl (C=O) groups is 2. The van der Waals surface area contributed by atoms with Crippen molar-refractivity contribution in [2.75, 3.05) is 6.54 Å². The maximum Gasteiger partial charge on any atom is 0.416 e. The molecule has 0 unspecified atom stereocenters. The highest BCUT2D eigenvalue weighted by Crippen LogP contribution is 2.34. The predicted octanol–water partition coefficient (Wildman–Crippen LogP) is 4.22. The Morgan fingerprint density at radius 3 is 2.61 bits per heavy atom. The van der Waals surface area contributed by atoms with E-state index < -0.39 is 23.6 Å². The van der Waals surface area contributed by atoms with Crippen molar-refractivity contribution in [2.45, 2.75) is 19.5 Å². The summed E-state index contributed by atoms with van der Waals surface area (Å²) in [6, 6.07) is 14.3. The van der Waals surface area contributed by atoms with Gasteiger partial charge in [0.15, 0.2) is 0 Å². The monoisotopic (exact) mass is 472 g/mol. The summed E-state index contributed by atoms with van der Waals surface area (Å²) in [5, 5.41) is 7.78. The molecule has 0 atom stereocenters. The largest absolute Gasteiger partial charge is 0.416 e. The number of primary amides is 1. The molecule has 4 rings (SSSR count). The quantitative estimate of drug-likeness (QED) is 0.440. The first-order chi connectivity index (χ1) is 15.6. The van der Waals surface area contributed by atoms with Gasteiger partial charge in [-0.25, -0.2) is 4.68 Å². The first-order valence-corrected chi connectivity index (χ1v) is 10.7. The molecule has 0 aliphatic carbocycles. The number of carbonyl (C=O) groups excluding carboxylic acids is 2. The molecule has 2 aromatic carbocycles. The Labute approximate surface area is 190 Å². The molecule has 0 bridgehead atoms. The number of aryl methyl sites for hydroxylation is 1. The molecule has 6 nitrogen and oxygen atoms in total. The van der Waals surface area contributed by atoms with E-state index in [1.807, 2.05) is 24.3 Å². The number of thiophene rings is 1. The average molecular weight is 472 g/mol. The Morgan fingerprint density at radius 2 is 1.88 bits per heavy atom. The molecule has 0 radical (unpaired) electrons. The Balaban J connectivity index is 1.70. The summed E-state index contributed by atoms with van der Waals surface area (Å²) in [6.07, 6.45) is -4.06. The van der Waals surface area contributed by atoms with Crippen LogP contribution < -0.4 is 11.1 Å². The number of rotatable bonds is 6. The third kappa shape index (κ3) is 4.90. The lowest BCUT2D eigenvalue weighted by Gasteiger charge is -2.09. The molecule has 33 heavy (non-hydrogen) atoms. The maximum absolute atomic E-state index is 13.1. The fourth-order valence-electron chi connectivity index (χ4n) is 3.52. The third-order valence-corrected chi connectivity index (χ3v) is 6.10. The molecule has 3 N–H and O–H groups in total. The van der Waals surface area contributed by atoms with Crippen molar-refractivity contribution in [1.82, 2.24) is 15.1 Å². The van der Waals surface area contributed by atoms with Gasteiger partial charge in [-0.3, -0.25) is 9.59 Å². The van der Waals surface area contributed by atoms with Crippen molar-refractivity contribution in [3.63, 3.8) is 0 Å². The van der Waals surface area contributed by atoms with E-state index in [9.17, 15) is 22.8 Å². The summed E-state index contributed by atoms with van der Waals surface area (Å²) < 4.78 is 41.5. The van der Waals surface area contributed by atoms with Crippen molar-refractivity contribution in [1.29, 1.82) is 0 Å². The number of halogens is 3. The van der Waals surface area contributed by atoms with Crippen LogP contribution in [0.5, 0.6) is 0 Å². The highest BCUT2D eigenvalue weighted by atomic mass is 32.1. The highest BCUT2D eigenvalue weighted by molar-refractivity contribution is 7.19. The van der Waals surface area contributed by atoms with Crippen LogP contribution in [0.1, 0.15) is 32.2 Å². The molecule has 0 aliphatic rings. The smallest absolute Gasteiger partial charge is 0.368 e. The second-order valence-corrected chi connectivity index (χ2v) is 8.65. The number of hydrogen-bond donors (Lipinski definition) is 2. The van der Waals surface area contributed by atoms with E-state index in [1.54, 1.807) is 19.1 Å². The molecule has 2 aromatic heterocycles. The van der Waals surface area contributed by atoms with Gasteiger partial charge in [0.05, 0.1) is 28.2 Å². The van der Waals surface area contributed by atoms with Gasteiger partial charge in [0, 0.05) is 11.3 Å². The van der Waals surface area contributed by atoms with Gasteiger partial charge in [-0.05, 0) is 42.1 Å². The number of benzene rings is 2. The van der Waals surface area contributed by atoms with Gasteiger partial charge in [0.1, 0.15) is 5.69 Å². The normalized spacial score (nSPS) is 11.6. The molecule has 4 aromatic rings. The van der Waals surface area contributed by atoms with E-state index in [-0.39, 0.29) is 12.2 Å². The van der Waals surface area contributed by atoms with E-state index in [4.69, 9.17) is 5.73 Å². The van der Waals surface area contributed by atoms with Crippen LogP contribution in [-0.2, 0) is 17.4 Å². The van der Waals surface area contributed by atoms with E-state index in [0.717, 1.165) is 27.1 Å². The van der Waals surface area contributed by atoms with Gasteiger partial charge in [-0.2, -0.15) is 18.3 Å². The summed E-state index contributed by atoms with van der Waals surface area (Å²) in [4.78, 5) is 24.5. The number of nitrogens with two attached hydrogens (primary N) is 1. The second-order valence-electron chi connectivity index (χ2n) is 7.51. The van der Waals surface area contributed by atoms with Crippen LogP contribution in [0.25, 0.3) is 15.8 Å². The first kappa shape index (κ1) is 22.5. The minimum Gasteiger partial charge on any atom is -0.368 e. The minimum atomic E-state index is -4.40. The van der Waals surface area contributed by atoms with Crippen LogP contribution in [-0.4, -0.2) is 28.1 Å². The van der Waals surface area contributed by atoms with Gasteiger partial charge in [0.25, 0.3) is 5.91 Å². The van der Waals surface area contributed by atoms with Crippen LogP contribution in [0.3, 0.4) is 0 Å². The topological polar surface area (TPSA) is 90.0 Å². The summed E-state index contributed by atoms with van der Waals surface area (Å²) >= 11 is 1.43. The zero-order valence-electron chi connectivity index (χ0n) is 17.4. The number of amides is 2. The van der Waals surface area contributed by atoms with E-state index in [0.29, 0.717) is 23.4 Å². The zero-order chi connectivity index (χ0) is 23.8. The summed E-state index contributed by atoms with van der Waals surface area (Å²) in [5.74, 6) is -1.15. The summed E-state index contributed by atoms with van der Waals surface area (Å²) in [7, 11) is 0. The minimum absolute atomic E-state index is 0.245. The molecule has 0 aliphatic heterocycles. The summed E-state index contributed by atoms with van der Waals surface area (Å²) in [6.45, 7) is 1.45. The molecule has 0 spiro atoms. The van der Waals surface area contributed by atoms with Crippen LogP contribution >= 0.6 is 11.3 Å². The fraction of sp³-hybridized carbons (Fsp3) is 0.174. The van der Waals surface area contributed by atoms with Gasteiger partial charge in [0.2, 0.25) is 5.91 Å². The lowest BCUT2D eigenvalue weighted by Crippen LogP contribution is -2.34. The first-order valence-electron chi connectivity index (χ1n) is 9.93. The van der Waals surface area contributed by atoms with Gasteiger partial charge < -0.3 is 11.1 Å². The molecule has 170 valence electrons. The number of hydrogen-bond acceptors (Lipinski definition) is 4. The zero-order valence-corrected chi connectivity index (χ0v) is 18.3. The van der Waals surface area contributed by atoms with Gasteiger partial charge in [-0.1, -0.05) is 30.3 Å². The van der Waals surface area contributed by atoms with Crippen LogP contribution in [0, 0.1) is 6.92 Å². The van der Waals surface area contributed by atoms with Crippen LogP contribution in [0.2, 0.25) is 0 Å². The molecule has 0 saturated carbocycles. The number of fused-ring (bicyclic) bond motifs is 1. The van der Waals surface area contributed by atoms with E-state index in [2.05, 4.69) is 10.4 Å². The van der Waals surface area contributed by atoms with Crippen molar-refractivity contribution >= 4 is 33.2 Å². The van der Waals surface area contributed by atoms with Crippen LogP contribution in [0.15, 0.2) is 54.6 Å². The Morgan fingerprint density at radius 1 is 1.12 bits per heavy atom. The summed E-state index contributed by atoms with van der Waals surface area (Å²) in [5.41, 5.74) is 6.50. The number of nitrogens with one attached hydrogen (secondary N) is 1. The molecular weight excluding hydrogens is 453 g/mol. The Bertz CT molecular complexity index is 1360. The Kier molecular flexibility index (Phi) is 5.94. The maximum atomic E-state index is 13.1. The SMILES string of the molecule is Cc1cc(C(=O)NCC(N)=O)n(-c2cccc3cc(Cc4cccc(C(F)(F)F)c4)sc23)n1.